The third-order valence-electron chi connectivity index (χ3n) is 4.60. The molecular weight excluding hydrogens is 417 g/mol. The van der Waals surface area contributed by atoms with E-state index >= 15 is 0 Å². The first-order chi connectivity index (χ1) is 11.8. The summed E-state index contributed by atoms with van der Waals surface area (Å²) in [5.41, 5.74) is 0. The molecule has 0 aliphatic carbocycles. The van der Waals surface area contributed by atoms with Gasteiger partial charge < -0.3 is 19.7 Å². The second-order valence-corrected chi connectivity index (χ2v) is 7.46. The van der Waals surface area contributed by atoms with Gasteiger partial charge in [-0.2, -0.15) is 0 Å². The number of ether oxygens (including phenoxy) is 2. The van der Waals surface area contributed by atoms with Crippen LogP contribution in [0.1, 0.15) is 25.7 Å². The van der Waals surface area contributed by atoms with Crippen LogP contribution in [0, 0.1) is 3.57 Å². The third-order valence-corrected chi connectivity index (χ3v) is 5.49. The topological polar surface area (TPSA) is 46.1 Å². The third kappa shape index (κ3) is 4.75. The maximum Gasteiger partial charge on any atom is 0.193 e. The molecule has 1 aromatic rings. The number of piperidine rings is 1. The number of para-hydroxylation sites is 1. The van der Waals surface area contributed by atoms with Crippen molar-refractivity contribution in [1.29, 1.82) is 0 Å². The van der Waals surface area contributed by atoms with Crippen molar-refractivity contribution >= 4 is 28.6 Å². The lowest BCUT2D eigenvalue weighted by molar-refractivity contribution is 0.110. The van der Waals surface area contributed by atoms with Gasteiger partial charge in [-0.25, -0.2) is 0 Å². The number of nitrogens with one attached hydrogen (secondary N) is 1. The van der Waals surface area contributed by atoms with E-state index in [-0.39, 0.29) is 6.10 Å². The van der Waals surface area contributed by atoms with E-state index < -0.39 is 0 Å². The van der Waals surface area contributed by atoms with Crippen LogP contribution in [0.2, 0.25) is 0 Å². The molecule has 2 saturated heterocycles. The number of hydrogen-bond donors (Lipinski definition) is 1. The van der Waals surface area contributed by atoms with Crippen LogP contribution >= 0.6 is 22.6 Å². The average Bonchev–Trinajstić information content (AvgIpc) is 3.12. The molecule has 1 aromatic carbocycles. The minimum atomic E-state index is 0.286. The Morgan fingerprint density at radius 3 is 2.79 bits per heavy atom. The predicted octanol–water partition coefficient (Wildman–Crippen LogP) is 2.89. The number of likely N-dealkylation sites (tertiary alicyclic amines) is 1. The van der Waals surface area contributed by atoms with Crippen molar-refractivity contribution in [2.45, 2.75) is 37.9 Å². The number of benzene rings is 1. The molecule has 0 aromatic heterocycles. The molecule has 6 heteroatoms. The molecule has 0 radical (unpaired) electrons. The van der Waals surface area contributed by atoms with Gasteiger partial charge >= 0.3 is 0 Å². The summed E-state index contributed by atoms with van der Waals surface area (Å²) in [5, 5.41) is 3.46. The Hall–Kier alpha value is -1.02. The van der Waals surface area contributed by atoms with E-state index in [4.69, 9.17) is 9.47 Å². The Morgan fingerprint density at radius 1 is 1.33 bits per heavy atom. The van der Waals surface area contributed by atoms with E-state index in [1.807, 2.05) is 19.2 Å². The molecule has 0 bridgehead atoms. The van der Waals surface area contributed by atoms with Gasteiger partial charge in [-0.3, -0.25) is 4.99 Å². The molecule has 2 fully saturated rings. The first kappa shape index (κ1) is 17.8. The van der Waals surface area contributed by atoms with E-state index in [0.717, 1.165) is 57.2 Å². The molecule has 1 unspecified atom stereocenters. The summed E-state index contributed by atoms with van der Waals surface area (Å²) >= 11 is 2.33. The number of aliphatic imine (C=N–C) groups is 1. The summed E-state index contributed by atoms with van der Waals surface area (Å²) in [6.45, 7) is 3.69. The summed E-state index contributed by atoms with van der Waals surface area (Å²) < 4.78 is 13.0. The molecule has 5 nitrogen and oxygen atoms in total. The second kappa shape index (κ2) is 8.89. The van der Waals surface area contributed by atoms with Gasteiger partial charge in [0.1, 0.15) is 11.9 Å². The molecular formula is C18H26IN3O2. The standard InChI is InChI=1S/C18H26IN3O2/c1-20-18(21-13-15-5-4-12-23-15)22-10-8-14(9-11-22)24-17-7-3-2-6-16(17)19/h2-3,6-7,14-15H,4-5,8-13H2,1H3,(H,20,21). The first-order valence-corrected chi connectivity index (χ1v) is 9.82. The zero-order valence-corrected chi connectivity index (χ0v) is 16.4. The van der Waals surface area contributed by atoms with Gasteiger partial charge in [0.25, 0.3) is 0 Å². The van der Waals surface area contributed by atoms with Gasteiger partial charge in [-0.15, -0.1) is 0 Å². The molecule has 2 aliphatic heterocycles. The smallest absolute Gasteiger partial charge is 0.193 e. The van der Waals surface area contributed by atoms with E-state index in [1.165, 1.54) is 9.99 Å². The molecule has 1 atom stereocenters. The van der Waals surface area contributed by atoms with Crippen LogP contribution in [0.4, 0.5) is 0 Å². The Morgan fingerprint density at radius 2 is 2.12 bits per heavy atom. The Bertz CT molecular complexity index is 553. The van der Waals surface area contributed by atoms with Crippen LogP contribution in [0.25, 0.3) is 0 Å². The SMILES string of the molecule is CN=C(NCC1CCCO1)N1CCC(Oc2ccccc2I)CC1. The molecule has 0 spiro atoms. The largest absolute Gasteiger partial charge is 0.489 e. The normalized spacial score (nSPS) is 22.7. The van der Waals surface area contributed by atoms with Crippen molar-refractivity contribution < 1.29 is 9.47 Å². The molecule has 1 N–H and O–H groups in total. The highest BCUT2D eigenvalue weighted by Gasteiger charge is 2.24. The summed E-state index contributed by atoms with van der Waals surface area (Å²) in [4.78, 5) is 6.75. The highest BCUT2D eigenvalue weighted by molar-refractivity contribution is 14.1. The Kier molecular flexibility index (Phi) is 6.59. The minimum absolute atomic E-state index is 0.286. The molecule has 24 heavy (non-hydrogen) atoms. The van der Waals surface area contributed by atoms with Crippen molar-refractivity contribution in [2.75, 3.05) is 33.3 Å². The van der Waals surface area contributed by atoms with E-state index in [2.05, 4.69) is 49.9 Å². The van der Waals surface area contributed by atoms with E-state index in [9.17, 15) is 0 Å². The van der Waals surface area contributed by atoms with Crippen LogP contribution in [0.3, 0.4) is 0 Å². The molecule has 0 amide bonds. The molecule has 132 valence electrons. The van der Waals surface area contributed by atoms with E-state index in [1.54, 1.807) is 0 Å². The van der Waals surface area contributed by atoms with Gasteiger partial charge in [-0.1, -0.05) is 12.1 Å². The number of guanidine groups is 1. The Labute approximate surface area is 157 Å². The fourth-order valence-electron chi connectivity index (χ4n) is 3.25. The van der Waals surface area contributed by atoms with Crippen molar-refractivity contribution in [3.05, 3.63) is 27.8 Å². The average molecular weight is 443 g/mol. The quantitative estimate of drug-likeness (QED) is 0.442. The van der Waals surface area contributed by atoms with Crippen molar-refractivity contribution in [3.63, 3.8) is 0 Å². The van der Waals surface area contributed by atoms with Gasteiger partial charge in [0.2, 0.25) is 0 Å². The van der Waals surface area contributed by atoms with E-state index in [0.29, 0.717) is 6.10 Å². The summed E-state index contributed by atoms with van der Waals surface area (Å²) in [6.07, 6.45) is 4.98. The highest BCUT2D eigenvalue weighted by atomic mass is 127. The van der Waals surface area contributed by atoms with Crippen LogP contribution in [0.15, 0.2) is 29.3 Å². The Balaban J connectivity index is 1.45. The van der Waals surface area contributed by atoms with Crippen LogP contribution in [-0.2, 0) is 4.74 Å². The fraction of sp³-hybridized carbons (Fsp3) is 0.611. The minimum Gasteiger partial charge on any atom is -0.489 e. The van der Waals surface area contributed by atoms with Crippen LogP contribution in [0.5, 0.6) is 5.75 Å². The zero-order valence-electron chi connectivity index (χ0n) is 14.2. The molecule has 0 saturated carbocycles. The zero-order chi connectivity index (χ0) is 16.8. The van der Waals surface area contributed by atoms with Crippen LogP contribution < -0.4 is 10.1 Å². The first-order valence-electron chi connectivity index (χ1n) is 8.74. The number of halogens is 1. The summed E-state index contributed by atoms with van der Waals surface area (Å²) in [7, 11) is 1.85. The van der Waals surface area contributed by atoms with Gasteiger partial charge in [0.15, 0.2) is 5.96 Å². The number of rotatable bonds is 4. The van der Waals surface area contributed by atoms with Gasteiger partial charge in [0, 0.05) is 46.1 Å². The lowest BCUT2D eigenvalue weighted by Gasteiger charge is -2.34. The fourth-order valence-corrected chi connectivity index (χ4v) is 3.76. The van der Waals surface area contributed by atoms with Gasteiger partial charge in [-0.05, 0) is 47.6 Å². The maximum atomic E-state index is 6.17. The monoisotopic (exact) mass is 443 g/mol. The van der Waals surface area contributed by atoms with Crippen LogP contribution in [-0.4, -0.2) is 56.4 Å². The highest BCUT2D eigenvalue weighted by Crippen LogP contribution is 2.24. The molecule has 2 heterocycles. The lowest BCUT2D eigenvalue weighted by atomic mass is 10.1. The number of nitrogens with zero attached hydrogens (tertiary/aromatic N) is 2. The summed E-state index contributed by atoms with van der Waals surface area (Å²) in [6, 6.07) is 8.21. The maximum absolute atomic E-state index is 6.17. The molecule has 3 rings (SSSR count). The van der Waals surface area contributed by atoms with Crippen molar-refractivity contribution in [2.24, 2.45) is 4.99 Å². The van der Waals surface area contributed by atoms with Crippen molar-refractivity contribution in [3.8, 4) is 5.75 Å². The van der Waals surface area contributed by atoms with Crippen molar-refractivity contribution in [1.82, 2.24) is 10.2 Å². The predicted molar refractivity (Wildman–Crippen MR) is 105 cm³/mol. The summed E-state index contributed by atoms with van der Waals surface area (Å²) in [5.74, 6) is 1.98. The lowest BCUT2D eigenvalue weighted by Crippen LogP contribution is -2.48. The van der Waals surface area contributed by atoms with Gasteiger partial charge in [0.05, 0.1) is 9.67 Å². The number of hydrogen-bond acceptors (Lipinski definition) is 3. The second-order valence-electron chi connectivity index (χ2n) is 6.30. The molecule has 2 aliphatic rings.